The normalized spacial score (nSPS) is 18.9. The number of aliphatic hydroxyl groups is 1. The number of carbonyl (C=O) groups excluding carboxylic acids is 1. The van der Waals surface area contributed by atoms with Crippen LogP contribution >= 0.6 is 0 Å². The number of aliphatic hydroxyl groups excluding tert-OH is 1. The van der Waals surface area contributed by atoms with Crippen LogP contribution in [0, 0.1) is 5.82 Å². The molecule has 3 aromatic rings. The molecule has 162 valence electrons. The lowest BCUT2D eigenvalue weighted by Crippen LogP contribution is -2.33. The number of benzene rings is 1. The molecule has 0 bridgehead atoms. The van der Waals surface area contributed by atoms with Crippen molar-refractivity contribution in [1.82, 2.24) is 14.5 Å². The first-order chi connectivity index (χ1) is 14.9. The Hall–Kier alpha value is -3.06. The summed E-state index contributed by atoms with van der Waals surface area (Å²) in [5, 5.41) is 9.94. The maximum Gasteiger partial charge on any atom is 0.308 e. The van der Waals surface area contributed by atoms with E-state index in [4.69, 9.17) is 4.74 Å². The van der Waals surface area contributed by atoms with E-state index in [1.807, 2.05) is 0 Å². The molecule has 3 heterocycles. The van der Waals surface area contributed by atoms with Gasteiger partial charge in [-0.25, -0.2) is 14.4 Å². The topological polar surface area (TPSA) is 77.2 Å². The number of aromatic nitrogens is 3. The lowest BCUT2D eigenvalue weighted by molar-refractivity contribution is -0.160. The summed E-state index contributed by atoms with van der Waals surface area (Å²) in [5.74, 6) is -0.448. The Morgan fingerprint density at radius 2 is 1.90 bits per heavy atom. The molecule has 1 aliphatic rings. The lowest BCUT2D eigenvalue weighted by atomic mass is 10.0. The lowest BCUT2D eigenvalue weighted by Gasteiger charge is -2.27. The zero-order valence-corrected chi connectivity index (χ0v) is 17.7. The summed E-state index contributed by atoms with van der Waals surface area (Å²) in [6.45, 7) is 4.84. The van der Waals surface area contributed by atoms with Gasteiger partial charge in [0.25, 0.3) is 0 Å². The molecule has 0 radical (unpaired) electrons. The summed E-state index contributed by atoms with van der Waals surface area (Å²) in [5.41, 5.74) is 4.89. The minimum absolute atomic E-state index is 0.0518. The van der Waals surface area contributed by atoms with Gasteiger partial charge < -0.3 is 14.4 Å². The average molecular weight is 423 g/mol. The third-order valence-corrected chi connectivity index (χ3v) is 5.61. The molecule has 1 aromatic carbocycles. The molecule has 1 saturated heterocycles. The van der Waals surface area contributed by atoms with Gasteiger partial charge in [0.05, 0.1) is 12.5 Å². The first kappa shape index (κ1) is 21.2. The van der Waals surface area contributed by atoms with E-state index in [0.29, 0.717) is 19.4 Å². The van der Waals surface area contributed by atoms with E-state index in [1.165, 1.54) is 18.5 Å². The number of ether oxygens (including phenoxy) is 1. The number of rotatable bonds is 6. The van der Waals surface area contributed by atoms with Crippen LogP contribution in [-0.2, 0) is 16.1 Å². The maximum atomic E-state index is 13.5. The monoisotopic (exact) mass is 423 g/mol. The first-order valence-corrected chi connectivity index (χ1v) is 10.5. The zero-order chi connectivity index (χ0) is 22.0. The second-order valence-electron chi connectivity index (χ2n) is 8.26. The average Bonchev–Trinajstić information content (AvgIpc) is 3.12. The van der Waals surface area contributed by atoms with Gasteiger partial charge in [-0.1, -0.05) is 13.8 Å². The smallest absolute Gasteiger partial charge is 0.308 e. The van der Waals surface area contributed by atoms with Gasteiger partial charge in [0, 0.05) is 54.3 Å². The van der Waals surface area contributed by atoms with E-state index in [9.17, 15) is 14.3 Å². The van der Waals surface area contributed by atoms with Gasteiger partial charge in [-0.05, 0) is 41.8 Å². The van der Waals surface area contributed by atoms with Gasteiger partial charge in [-0.15, -0.1) is 0 Å². The van der Waals surface area contributed by atoms with Crippen LogP contribution in [0.1, 0.15) is 44.7 Å². The second kappa shape index (κ2) is 8.98. The van der Waals surface area contributed by atoms with Gasteiger partial charge in [0.2, 0.25) is 0 Å². The van der Waals surface area contributed by atoms with E-state index < -0.39 is 6.10 Å². The van der Waals surface area contributed by atoms with E-state index in [1.54, 1.807) is 24.5 Å². The molecule has 7 heteroatoms. The van der Waals surface area contributed by atoms with Crippen LogP contribution in [0.2, 0.25) is 0 Å². The molecule has 31 heavy (non-hydrogen) atoms. The number of nitrogens with zero attached hydrogens (tertiary/aromatic N) is 3. The van der Waals surface area contributed by atoms with Crippen molar-refractivity contribution in [2.24, 2.45) is 0 Å². The van der Waals surface area contributed by atoms with Crippen molar-refractivity contribution in [3.05, 3.63) is 60.6 Å². The molecule has 0 unspecified atom stereocenters. The Labute approximate surface area is 180 Å². The van der Waals surface area contributed by atoms with E-state index in [0.717, 1.165) is 28.1 Å². The molecule has 1 fully saturated rings. The first-order valence-electron chi connectivity index (χ1n) is 10.5. The Kier molecular flexibility index (Phi) is 6.13. The summed E-state index contributed by atoms with van der Waals surface area (Å²) < 4.78 is 21.2. The van der Waals surface area contributed by atoms with E-state index in [2.05, 4.69) is 34.4 Å². The quantitative estimate of drug-likeness (QED) is 0.597. The molecule has 2 aromatic heterocycles. The number of hydrogen-bond donors (Lipinski definition) is 1. The molecule has 2 atom stereocenters. The molecule has 6 nitrogen and oxygen atoms in total. The van der Waals surface area contributed by atoms with Gasteiger partial charge in [-0.3, -0.25) is 4.79 Å². The third kappa shape index (κ3) is 4.66. The van der Waals surface area contributed by atoms with E-state index >= 15 is 0 Å². The highest BCUT2D eigenvalue weighted by molar-refractivity contribution is 5.75. The highest BCUT2D eigenvalue weighted by Gasteiger charge is 2.28. The molecular weight excluding hydrogens is 397 g/mol. The summed E-state index contributed by atoms with van der Waals surface area (Å²) >= 11 is 0. The highest BCUT2D eigenvalue weighted by atomic mass is 19.1. The summed E-state index contributed by atoms with van der Waals surface area (Å²) in [7, 11) is 0. The van der Waals surface area contributed by atoms with Crippen LogP contribution in [0.3, 0.4) is 0 Å². The number of halogens is 1. The summed E-state index contributed by atoms with van der Waals surface area (Å²) in [4.78, 5) is 20.1. The molecular formula is C24H26FN3O3. The van der Waals surface area contributed by atoms with Crippen LogP contribution in [-0.4, -0.2) is 37.8 Å². The zero-order valence-electron chi connectivity index (χ0n) is 17.7. The molecule has 0 spiro atoms. The predicted molar refractivity (Wildman–Crippen MR) is 115 cm³/mol. The van der Waals surface area contributed by atoms with Crippen molar-refractivity contribution in [2.45, 2.75) is 57.8 Å². The van der Waals surface area contributed by atoms with Crippen molar-refractivity contribution in [3.8, 4) is 22.4 Å². The largest absolute Gasteiger partial charge is 0.462 e. The Balaban J connectivity index is 1.76. The van der Waals surface area contributed by atoms with Crippen molar-refractivity contribution in [2.75, 3.05) is 0 Å². The number of carbonyl (C=O) groups is 1. The van der Waals surface area contributed by atoms with Gasteiger partial charge >= 0.3 is 5.97 Å². The second-order valence-corrected chi connectivity index (χ2v) is 8.26. The molecule has 1 aliphatic heterocycles. The van der Waals surface area contributed by atoms with Gasteiger partial charge in [0.1, 0.15) is 18.2 Å². The Morgan fingerprint density at radius 1 is 1.19 bits per heavy atom. The molecule has 0 saturated carbocycles. The molecule has 1 N–H and O–H groups in total. The van der Waals surface area contributed by atoms with Crippen molar-refractivity contribution < 1.29 is 19.0 Å². The van der Waals surface area contributed by atoms with Gasteiger partial charge in [0.15, 0.2) is 0 Å². The van der Waals surface area contributed by atoms with Crippen molar-refractivity contribution in [1.29, 1.82) is 0 Å². The summed E-state index contributed by atoms with van der Waals surface area (Å²) in [6.07, 6.45) is 5.15. The number of esters is 1. The van der Waals surface area contributed by atoms with Crippen molar-refractivity contribution >= 4 is 5.97 Å². The number of hydrogen-bond acceptors (Lipinski definition) is 5. The van der Waals surface area contributed by atoms with Crippen molar-refractivity contribution in [3.63, 3.8) is 0 Å². The number of cyclic esters (lactones) is 1. The van der Waals surface area contributed by atoms with Crippen LogP contribution < -0.4 is 0 Å². The van der Waals surface area contributed by atoms with Crippen LogP contribution in [0.5, 0.6) is 0 Å². The third-order valence-electron chi connectivity index (χ3n) is 5.61. The minimum atomic E-state index is -0.658. The van der Waals surface area contributed by atoms with Crippen LogP contribution in [0.25, 0.3) is 22.4 Å². The van der Waals surface area contributed by atoms with Crippen LogP contribution in [0.4, 0.5) is 4.39 Å². The molecule has 4 rings (SSSR count). The molecule has 0 amide bonds. The maximum absolute atomic E-state index is 13.5. The highest BCUT2D eigenvalue weighted by Crippen LogP contribution is 2.37. The Morgan fingerprint density at radius 3 is 2.55 bits per heavy atom. The summed E-state index contributed by atoms with van der Waals surface area (Å²) in [6, 6.07) is 8.52. The fraction of sp³-hybridized carbons (Fsp3) is 0.375. The predicted octanol–water partition coefficient (Wildman–Crippen LogP) is 4.33. The standard InChI is InChI=1S/C24H26FN3O3/c1-15(2)24-21(17-12-26-14-27-13-17)11-22(16-3-5-18(25)6-4-16)28(24)8-7-20-9-19(29)10-23(30)31-20/h3-6,11-15,19-20,29H,7-10H2,1-2H3/t19-,20-/m0/s1. The molecule has 0 aliphatic carbocycles. The van der Waals surface area contributed by atoms with Crippen LogP contribution in [0.15, 0.2) is 49.1 Å². The Bertz CT molecular complexity index is 1050. The van der Waals surface area contributed by atoms with E-state index in [-0.39, 0.29) is 30.2 Å². The van der Waals surface area contributed by atoms with Gasteiger partial charge in [-0.2, -0.15) is 0 Å². The minimum Gasteiger partial charge on any atom is -0.462 e. The SMILES string of the molecule is CC(C)c1c(-c2cncnc2)cc(-c2ccc(F)cc2)n1CC[C@H]1C[C@H](O)CC(=O)O1. The fourth-order valence-electron chi connectivity index (χ4n) is 4.27. The fourth-order valence-corrected chi connectivity index (χ4v) is 4.27.